The van der Waals surface area contributed by atoms with Gasteiger partial charge in [0.1, 0.15) is 0 Å². The van der Waals surface area contributed by atoms with Gasteiger partial charge in [-0.1, -0.05) is 13.8 Å². The van der Waals surface area contributed by atoms with Crippen LogP contribution < -0.4 is 10.6 Å². The topological polar surface area (TPSA) is 50.4 Å². The molecule has 1 atom stereocenters. The Kier molecular flexibility index (Phi) is 5.22. The molecule has 2 aliphatic rings. The number of piperidine rings is 1. The van der Waals surface area contributed by atoms with Crippen LogP contribution in [0.15, 0.2) is 0 Å². The molecule has 1 saturated carbocycles. The fraction of sp³-hybridized carbons (Fsp3) is 0.933. The minimum absolute atomic E-state index is 0.0476. The van der Waals surface area contributed by atoms with Gasteiger partial charge in [0.15, 0.2) is 0 Å². The Morgan fingerprint density at radius 3 is 2.89 bits per heavy atom. The van der Waals surface area contributed by atoms with Crippen molar-refractivity contribution in [1.29, 1.82) is 0 Å². The average molecular weight is 268 g/mol. The van der Waals surface area contributed by atoms with Crippen LogP contribution in [-0.4, -0.2) is 38.3 Å². The van der Waals surface area contributed by atoms with Gasteiger partial charge in [0, 0.05) is 19.8 Å². The zero-order valence-corrected chi connectivity index (χ0v) is 12.3. The molecule has 19 heavy (non-hydrogen) atoms. The molecule has 1 unspecified atom stereocenters. The summed E-state index contributed by atoms with van der Waals surface area (Å²) < 4.78 is 5.56. The summed E-state index contributed by atoms with van der Waals surface area (Å²) in [4.78, 5) is 12.2. The third-order valence-corrected chi connectivity index (χ3v) is 4.21. The minimum atomic E-state index is -0.0476. The van der Waals surface area contributed by atoms with Crippen LogP contribution in [0.3, 0.4) is 0 Å². The van der Waals surface area contributed by atoms with E-state index >= 15 is 0 Å². The van der Waals surface area contributed by atoms with E-state index in [1.54, 1.807) is 0 Å². The Morgan fingerprint density at radius 2 is 2.21 bits per heavy atom. The highest BCUT2D eigenvalue weighted by Crippen LogP contribution is 2.30. The van der Waals surface area contributed by atoms with Crippen molar-refractivity contribution in [2.45, 2.75) is 52.0 Å². The van der Waals surface area contributed by atoms with E-state index < -0.39 is 0 Å². The molecule has 0 spiro atoms. The van der Waals surface area contributed by atoms with Gasteiger partial charge in [0.05, 0.1) is 6.04 Å². The second-order valence-electron chi connectivity index (χ2n) is 6.64. The van der Waals surface area contributed by atoms with Gasteiger partial charge in [-0.25, -0.2) is 0 Å². The quantitative estimate of drug-likeness (QED) is 0.691. The number of hydrogen-bond acceptors (Lipinski definition) is 3. The maximum atomic E-state index is 12.2. The largest absolute Gasteiger partial charge is 0.381 e. The number of hydrogen-bond donors (Lipinski definition) is 2. The Bertz CT molecular complexity index is 301. The Labute approximate surface area is 116 Å². The fourth-order valence-corrected chi connectivity index (χ4v) is 2.68. The summed E-state index contributed by atoms with van der Waals surface area (Å²) >= 11 is 0. The highest BCUT2D eigenvalue weighted by molar-refractivity contribution is 5.82. The highest BCUT2D eigenvalue weighted by atomic mass is 16.5. The van der Waals surface area contributed by atoms with Crippen molar-refractivity contribution in [3.63, 3.8) is 0 Å². The highest BCUT2D eigenvalue weighted by Gasteiger charge is 2.36. The zero-order valence-electron chi connectivity index (χ0n) is 12.3. The Balaban J connectivity index is 1.57. The summed E-state index contributed by atoms with van der Waals surface area (Å²) in [6, 6.07) is -0.0476. The third kappa shape index (κ3) is 4.77. The van der Waals surface area contributed by atoms with Crippen LogP contribution >= 0.6 is 0 Å². The number of carbonyl (C=O) groups is 1. The lowest BCUT2D eigenvalue weighted by Gasteiger charge is -2.38. The molecule has 1 aliphatic heterocycles. The number of carbonyl (C=O) groups excluding carboxylic acids is 1. The maximum Gasteiger partial charge on any atom is 0.237 e. The number of nitrogens with one attached hydrogen (secondary N) is 2. The van der Waals surface area contributed by atoms with Crippen LogP contribution in [0.25, 0.3) is 0 Å². The molecule has 1 amide bonds. The second kappa shape index (κ2) is 6.71. The van der Waals surface area contributed by atoms with Gasteiger partial charge in [-0.3, -0.25) is 4.79 Å². The predicted molar refractivity (Wildman–Crippen MR) is 76.0 cm³/mol. The molecular formula is C15H28N2O2. The van der Waals surface area contributed by atoms with Gasteiger partial charge in [0.25, 0.3) is 0 Å². The van der Waals surface area contributed by atoms with Crippen LogP contribution in [-0.2, 0) is 9.53 Å². The Hall–Kier alpha value is -0.610. The van der Waals surface area contributed by atoms with Gasteiger partial charge in [0.2, 0.25) is 5.91 Å². The lowest BCUT2D eigenvalue weighted by atomic mass is 9.77. The maximum absolute atomic E-state index is 12.2. The molecule has 0 aromatic heterocycles. The first-order chi connectivity index (χ1) is 9.09. The third-order valence-electron chi connectivity index (χ3n) is 4.21. The van der Waals surface area contributed by atoms with Crippen LogP contribution in [0, 0.1) is 11.3 Å². The van der Waals surface area contributed by atoms with Crippen molar-refractivity contribution in [1.82, 2.24) is 10.6 Å². The summed E-state index contributed by atoms with van der Waals surface area (Å²) in [5.74, 6) is 0.966. The zero-order chi connectivity index (χ0) is 13.7. The molecule has 1 saturated heterocycles. The molecule has 1 aliphatic carbocycles. The first kappa shape index (κ1) is 14.8. The molecular weight excluding hydrogens is 240 g/mol. The molecule has 2 N–H and O–H groups in total. The molecule has 1 heterocycles. The van der Waals surface area contributed by atoms with Crippen LogP contribution in [0.2, 0.25) is 0 Å². The summed E-state index contributed by atoms with van der Waals surface area (Å²) in [7, 11) is 0. The summed E-state index contributed by atoms with van der Waals surface area (Å²) in [6.07, 6.45) is 5.85. The molecule has 2 fully saturated rings. The number of amides is 1. The van der Waals surface area contributed by atoms with Gasteiger partial charge in [-0.15, -0.1) is 0 Å². The number of rotatable bonds is 7. The van der Waals surface area contributed by atoms with E-state index in [4.69, 9.17) is 4.74 Å². The van der Waals surface area contributed by atoms with E-state index in [9.17, 15) is 4.79 Å². The van der Waals surface area contributed by atoms with Crippen molar-refractivity contribution >= 4 is 5.91 Å². The van der Waals surface area contributed by atoms with Crippen LogP contribution in [0.1, 0.15) is 46.0 Å². The van der Waals surface area contributed by atoms with Crippen LogP contribution in [0.5, 0.6) is 0 Å². The number of ether oxygens (including phenoxy) is 1. The van der Waals surface area contributed by atoms with Gasteiger partial charge >= 0.3 is 0 Å². The van der Waals surface area contributed by atoms with E-state index in [2.05, 4.69) is 24.5 Å². The lowest BCUT2D eigenvalue weighted by Crippen LogP contribution is -2.55. The molecule has 0 aromatic carbocycles. The smallest absolute Gasteiger partial charge is 0.237 e. The molecule has 2 rings (SSSR count). The summed E-state index contributed by atoms with van der Waals surface area (Å²) in [6.45, 7) is 7.68. The second-order valence-corrected chi connectivity index (χ2v) is 6.64. The van der Waals surface area contributed by atoms with Crippen LogP contribution in [0.4, 0.5) is 0 Å². The molecule has 0 radical (unpaired) electrons. The molecule has 0 bridgehead atoms. The molecule has 4 heteroatoms. The monoisotopic (exact) mass is 268 g/mol. The van der Waals surface area contributed by atoms with E-state index in [1.807, 2.05) is 0 Å². The normalized spacial score (nSPS) is 26.1. The Morgan fingerprint density at radius 1 is 1.42 bits per heavy atom. The van der Waals surface area contributed by atoms with Gasteiger partial charge in [-0.2, -0.15) is 0 Å². The predicted octanol–water partition coefficient (Wildman–Crippen LogP) is 1.70. The molecule has 0 aromatic rings. The van der Waals surface area contributed by atoms with E-state index in [0.717, 1.165) is 51.5 Å². The summed E-state index contributed by atoms with van der Waals surface area (Å²) in [5, 5.41) is 6.37. The summed E-state index contributed by atoms with van der Waals surface area (Å²) in [5.41, 5.74) is 0.0603. The minimum Gasteiger partial charge on any atom is -0.381 e. The van der Waals surface area contributed by atoms with Gasteiger partial charge < -0.3 is 15.4 Å². The SMILES string of the molecule is CC1(C)CCCNC1C(=O)NCCCOCC1CC1. The molecule has 110 valence electrons. The van der Waals surface area contributed by atoms with Crippen molar-refractivity contribution in [3.05, 3.63) is 0 Å². The van der Waals surface area contributed by atoms with Crippen molar-refractivity contribution in [2.75, 3.05) is 26.3 Å². The first-order valence-electron chi connectivity index (χ1n) is 7.68. The van der Waals surface area contributed by atoms with Crippen molar-refractivity contribution < 1.29 is 9.53 Å². The van der Waals surface area contributed by atoms with Gasteiger partial charge in [-0.05, 0) is 50.0 Å². The van der Waals surface area contributed by atoms with E-state index in [-0.39, 0.29) is 17.4 Å². The first-order valence-corrected chi connectivity index (χ1v) is 7.68. The van der Waals surface area contributed by atoms with Crippen molar-refractivity contribution in [3.8, 4) is 0 Å². The fourth-order valence-electron chi connectivity index (χ4n) is 2.68. The lowest BCUT2D eigenvalue weighted by molar-refractivity contribution is -0.126. The van der Waals surface area contributed by atoms with E-state index in [1.165, 1.54) is 12.8 Å². The standard InChI is InChI=1S/C15H28N2O2/c1-15(2)7-3-8-16-13(15)14(18)17-9-4-10-19-11-12-5-6-12/h12-13,16H,3-11H2,1-2H3,(H,17,18). The van der Waals surface area contributed by atoms with E-state index in [0.29, 0.717) is 0 Å². The van der Waals surface area contributed by atoms with Crippen molar-refractivity contribution in [2.24, 2.45) is 11.3 Å². The molecule has 4 nitrogen and oxygen atoms in total. The average Bonchev–Trinajstić information content (AvgIpc) is 3.16.